The molecule has 0 amide bonds. The number of rotatable bonds is 11. The number of carboxylic acid groups (broad SMARTS) is 1. The van der Waals surface area contributed by atoms with Gasteiger partial charge in [-0.25, -0.2) is 0 Å². The second-order valence-electron chi connectivity index (χ2n) is 20.0. The summed E-state index contributed by atoms with van der Waals surface area (Å²) >= 11 is 0. The maximum absolute atomic E-state index is 14.0. The lowest BCUT2D eigenvalue weighted by atomic mass is 9.33. The summed E-state index contributed by atoms with van der Waals surface area (Å²) in [6, 6.07) is 10.4. The van der Waals surface area contributed by atoms with Gasteiger partial charge in [0.15, 0.2) is 5.78 Å². The van der Waals surface area contributed by atoms with Crippen molar-refractivity contribution in [2.24, 2.45) is 56.2 Å². The summed E-state index contributed by atoms with van der Waals surface area (Å²) in [5.74, 6) is 0.126. The van der Waals surface area contributed by atoms with E-state index in [0.717, 1.165) is 69.9 Å². The van der Waals surface area contributed by atoms with E-state index in [1.165, 1.54) is 11.1 Å². The van der Waals surface area contributed by atoms with Crippen molar-refractivity contribution in [1.29, 1.82) is 0 Å². The van der Waals surface area contributed by atoms with Crippen LogP contribution in [0.2, 0.25) is 0 Å². The summed E-state index contributed by atoms with van der Waals surface area (Å²) < 4.78 is 6.17. The summed E-state index contributed by atoms with van der Waals surface area (Å²) in [4.78, 5) is 38.8. The Hall–Kier alpha value is -2.51. The first-order valence-corrected chi connectivity index (χ1v) is 20.4. The lowest BCUT2D eigenvalue weighted by molar-refractivity contribution is -0.235. The van der Waals surface area contributed by atoms with Crippen LogP contribution >= 0.6 is 0 Å². The van der Waals surface area contributed by atoms with E-state index in [-0.39, 0.29) is 51.8 Å². The molecule has 5 aliphatic rings. The number of carbonyl (C=O) groups is 3. The van der Waals surface area contributed by atoms with Gasteiger partial charge >= 0.3 is 11.9 Å². The Morgan fingerprint density at radius 1 is 0.923 bits per heavy atom. The van der Waals surface area contributed by atoms with Crippen LogP contribution in [0.4, 0.5) is 0 Å². The third-order valence-electron chi connectivity index (χ3n) is 16.3. The van der Waals surface area contributed by atoms with Gasteiger partial charge in [-0.15, -0.1) is 0 Å². The first-order valence-electron chi connectivity index (χ1n) is 20.4. The predicted octanol–water partition coefficient (Wildman–Crippen LogP) is 8.57. The van der Waals surface area contributed by atoms with Gasteiger partial charge in [-0.2, -0.15) is 0 Å². The topological polar surface area (TPSA) is 113 Å². The smallest absolute Gasteiger partial charge is 0.309 e. The highest BCUT2D eigenvalue weighted by Gasteiger charge is 2.70. The number of aliphatic hydroxyl groups is 1. The first-order chi connectivity index (χ1) is 24.2. The number of ether oxygens (including phenoxy) is 1. The molecule has 0 spiro atoms. The van der Waals surface area contributed by atoms with Crippen LogP contribution in [0, 0.1) is 56.2 Å². The SMILES string of the molecule is CC(C)C1=C2[C@H]3CC[C@@H]4[C@@]5(C)CC[C@H](OC(=O)CC(C)(C)C(=O)O)C(C)(C)[C@H]5CC[C@@]4(C)[C@]3(C)CC[C@@]2([C@H](O)CNCCc2ccccc2)CC1=O. The minimum Gasteiger partial charge on any atom is -0.481 e. The van der Waals surface area contributed by atoms with Crippen LogP contribution in [0.25, 0.3) is 0 Å². The van der Waals surface area contributed by atoms with Gasteiger partial charge < -0.3 is 20.3 Å². The molecule has 9 atom stereocenters. The highest BCUT2D eigenvalue weighted by atomic mass is 16.5. The predicted molar refractivity (Wildman–Crippen MR) is 204 cm³/mol. The second kappa shape index (κ2) is 13.7. The molecule has 0 aromatic heterocycles. The maximum atomic E-state index is 14.0. The van der Waals surface area contributed by atoms with E-state index in [0.29, 0.717) is 24.8 Å². The number of Topliss-reactive ketones (excluding diaryl/α,β-unsaturated/α-hetero) is 1. The molecule has 4 fully saturated rings. The fraction of sp³-hybridized carbons (Fsp3) is 0.756. The van der Waals surface area contributed by atoms with Crippen molar-refractivity contribution in [2.45, 2.75) is 145 Å². The van der Waals surface area contributed by atoms with Crippen LogP contribution in [-0.4, -0.2) is 53.2 Å². The zero-order valence-corrected chi connectivity index (χ0v) is 33.6. The standard InChI is InChI=1S/C45H67NO6/c1-28(2)37-31(47)25-45(34(48)27-46-24-19-29-13-11-10-12-14-29)23-22-43(8)30(38(37)45)15-16-33-42(7)20-18-35(52-36(49)26-40(3,4)39(50)51)41(5,6)32(42)17-21-44(33,43)9/h10-14,28,30,32-35,46,48H,15-27H2,1-9H3,(H,50,51)/t30-,32-,33-,34-,35+,42+,43-,44-,45+/m1/s1. The Morgan fingerprint density at radius 3 is 2.27 bits per heavy atom. The van der Waals surface area contributed by atoms with Gasteiger partial charge in [-0.3, -0.25) is 14.4 Å². The second-order valence-corrected chi connectivity index (χ2v) is 20.0. The van der Waals surface area contributed by atoms with Crippen LogP contribution in [0.1, 0.15) is 132 Å². The van der Waals surface area contributed by atoms with Crippen LogP contribution in [0.15, 0.2) is 41.5 Å². The van der Waals surface area contributed by atoms with Gasteiger partial charge in [-0.1, -0.05) is 84.4 Å². The van der Waals surface area contributed by atoms with E-state index in [2.05, 4.69) is 78.0 Å². The van der Waals surface area contributed by atoms with Crippen LogP contribution < -0.4 is 5.32 Å². The number of allylic oxidation sites excluding steroid dienone is 1. The zero-order chi connectivity index (χ0) is 38.1. The molecule has 0 radical (unpaired) electrons. The number of aliphatic carboxylic acids is 1. The van der Waals surface area contributed by atoms with Crippen LogP contribution in [0.3, 0.4) is 0 Å². The Morgan fingerprint density at radius 2 is 1.62 bits per heavy atom. The molecule has 3 N–H and O–H groups in total. The van der Waals surface area contributed by atoms with E-state index >= 15 is 0 Å². The maximum Gasteiger partial charge on any atom is 0.309 e. The molecule has 52 heavy (non-hydrogen) atoms. The lowest BCUT2D eigenvalue weighted by Crippen LogP contribution is -2.66. The molecular formula is C45H67NO6. The molecule has 288 valence electrons. The van der Waals surface area contributed by atoms with Crippen molar-refractivity contribution in [3.63, 3.8) is 0 Å². The molecule has 6 rings (SSSR count). The van der Waals surface area contributed by atoms with Crippen molar-refractivity contribution in [3.05, 3.63) is 47.0 Å². The summed E-state index contributed by atoms with van der Waals surface area (Å²) in [6.07, 6.45) is 8.28. The molecular weight excluding hydrogens is 650 g/mol. The summed E-state index contributed by atoms with van der Waals surface area (Å²) in [5.41, 5.74) is 1.85. The van der Waals surface area contributed by atoms with Crippen LogP contribution in [0.5, 0.6) is 0 Å². The highest BCUT2D eigenvalue weighted by molar-refractivity contribution is 6.00. The monoisotopic (exact) mass is 717 g/mol. The van der Waals surface area contributed by atoms with Crippen LogP contribution in [-0.2, 0) is 25.5 Å². The molecule has 4 saturated carbocycles. The summed E-state index contributed by atoms with van der Waals surface area (Å²) in [6.45, 7) is 21.0. The third kappa shape index (κ3) is 6.12. The lowest BCUT2D eigenvalue weighted by Gasteiger charge is -2.72. The molecule has 7 nitrogen and oxygen atoms in total. The summed E-state index contributed by atoms with van der Waals surface area (Å²) in [7, 11) is 0. The van der Waals surface area contributed by atoms with Gasteiger partial charge in [0, 0.05) is 23.8 Å². The largest absolute Gasteiger partial charge is 0.481 e. The minimum absolute atomic E-state index is 0.00379. The summed E-state index contributed by atoms with van der Waals surface area (Å²) in [5, 5.41) is 25.3. The van der Waals surface area contributed by atoms with E-state index in [4.69, 9.17) is 4.74 Å². The Labute approximate surface area is 313 Å². The fourth-order valence-electron chi connectivity index (χ4n) is 13.2. The number of carbonyl (C=O) groups excluding carboxylic acids is 2. The van der Waals surface area contributed by atoms with Gasteiger partial charge in [0.05, 0.1) is 17.9 Å². The molecule has 1 aromatic rings. The number of hydrogen-bond donors (Lipinski definition) is 3. The zero-order valence-electron chi connectivity index (χ0n) is 33.6. The normalized spacial score (nSPS) is 37.5. The molecule has 0 saturated heterocycles. The quantitative estimate of drug-likeness (QED) is 0.155. The van der Waals surface area contributed by atoms with E-state index in [9.17, 15) is 24.6 Å². The highest BCUT2D eigenvalue weighted by Crippen LogP contribution is 2.77. The van der Waals surface area contributed by atoms with Crippen molar-refractivity contribution in [1.82, 2.24) is 5.32 Å². The van der Waals surface area contributed by atoms with Gasteiger partial charge in [0.2, 0.25) is 0 Å². The van der Waals surface area contributed by atoms with E-state index in [1.54, 1.807) is 13.8 Å². The third-order valence-corrected chi connectivity index (χ3v) is 16.3. The van der Waals surface area contributed by atoms with Crippen molar-refractivity contribution in [3.8, 4) is 0 Å². The fourth-order valence-corrected chi connectivity index (χ4v) is 13.2. The van der Waals surface area contributed by atoms with Gasteiger partial charge in [0.1, 0.15) is 6.10 Å². The average molecular weight is 718 g/mol. The van der Waals surface area contributed by atoms with Gasteiger partial charge in [-0.05, 0) is 129 Å². The first kappa shape index (κ1) is 39.2. The average Bonchev–Trinajstić information content (AvgIpc) is 3.38. The molecule has 5 aliphatic carbocycles. The molecule has 0 heterocycles. The molecule has 0 unspecified atom stereocenters. The number of carboxylic acids is 1. The number of aliphatic hydroxyl groups excluding tert-OH is 1. The molecule has 0 aliphatic heterocycles. The number of ketones is 1. The van der Waals surface area contributed by atoms with Crippen molar-refractivity contribution in [2.75, 3.05) is 13.1 Å². The molecule has 1 aromatic carbocycles. The minimum atomic E-state index is -1.16. The van der Waals surface area contributed by atoms with E-state index < -0.39 is 28.9 Å². The Bertz CT molecular complexity index is 1580. The Balaban J connectivity index is 1.24. The Kier molecular flexibility index (Phi) is 10.3. The van der Waals surface area contributed by atoms with Crippen molar-refractivity contribution >= 4 is 17.7 Å². The van der Waals surface area contributed by atoms with Gasteiger partial charge in [0.25, 0.3) is 0 Å². The van der Waals surface area contributed by atoms with Crippen molar-refractivity contribution < 1.29 is 29.3 Å². The number of fused-ring (bicyclic) bond motifs is 7. The van der Waals surface area contributed by atoms with E-state index in [1.807, 2.05) is 6.07 Å². The number of esters is 1. The number of nitrogens with one attached hydrogen (secondary N) is 1. The number of hydrogen-bond acceptors (Lipinski definition) is 6. The number of benzene rings is 1. The molecule has 7 heteroatoms. The molecule has 0 bridgehead atoms.